The van der Waals surface area contributed by atoms with Gasteiger partial charge in [-0.2, -0.15) is 0 Å². The van der Waals surface area contributed by atoms with E-state index in [1.807, 2.05) is 13.8 Å². The van der Waals surface area contributed by atoms with Crippen molar-refractivity contribution < 1.29 is 13.2 Å². The second-order valence-corrected chi connectivity index (χ2v) is 9.55. The van der Waals surface area contributed by atoms with E-state index in [4.69, 9.17) is 4.74 Å². The Balaban J connectivity index is 1.64. The lowest BCUT2D eigenvalue weighted by Crippen LogP contribution is -2.69. The molecule has 1 spiro atoms. The predicted octanol–water partition coefficient (Wildman–Crippen LogP) is 1.25. The van der Waals surface area contributed by atoms with Crippen molar-refractivity contribution in [2.24, 2.45) is 11.3 Å². The molecule has 3 aliphatic rings. The van der Waals surface area contributed by atoms with Crippen LogP contribution in [0.2, 0.25) is 0 Å². The molecule has 0 aromatic carbocycles. The average Bonchev–Trinajstić information content (AvgIpc) is 2.91. The summed E-state index contributed by atoms with van der Waals surface area (Å²) in [6, 6.07) is 0.494. The van der Waals surface area contributed by atoms with Crippen LogP contribution in [0.4, 0.5) is 0 Å². The van der Waals surface area contributed by atoms with Crippen LogP contribution < -0.4 is 10.0 Å². The van der Waals surface area contributed by atoms with E-state index in [1.165, 1.54) is 31.9 Å². The van der Waals surface area contributed by atoms with E-state index in [2.05, 4.69) is 10.0 Å². The number of fused-ring (bicyclic) bond motifs is 2. The molecule has 6 heteroatoms. The van der Waals surface area contributed by atoms with Crippen molar-refractivity contribution in [2.45, 2.75) is 63.6 Å². The Morgan fingerprint density at radius 2 is 1.95 bits per heavy atom. The Kier molecular flexibility index (Phi) is 3.88. The van der Waals surface area contributed by atoms with Crippen LogP contribution in [0.5, 0.6) is 0 Å². The van der Waals surface area contributed by atoms with E-state index in [1.54, 1.807) is 0 Å². The molecule has 2 saturated carbocycles. The molecule has 3 atom stereocenters. The number of ether oxygens (including phenoxy) is 1. The average molecular weight is 316 g/mol. The molecule has 0 amide bonds. The van der Waals surface area contributed by atoms with Gasteiger partial charge in [-0.25, -0.2) is 13.1 Å². The molecule has 3 fully saturated rings. The monoisotopic (exact) mass is 316 g/mol. The molecule has 1 aliphatic heterocycles. The summed E-state index contributed by atoms with van der Waals surface area (Å²) in [5.74, 6) is 0.622. The SMILES string of the molecule is CC(C)(CN[C@@H]1[C@@H]2CCO[C@@H]2C12CCCC2)NS(C)(=O)=O. The molecule has 0 unspecified atom stereocenters. The van der Waals surface area contributed by atoms with Gasteiger partial charge in [0, 0.05) is 36.1 Å². The van der Waals surface area contributed by atoms with Crippen LogP contribution in [0.15, 0.2) is 0 Å². The van der Waals surface area contributed by atoms with Crippen molar-refractivity contribution in [3.8, 4) is 0 Å². The van der Waals surface area contributed by atoms with Gasteiger partial charge < -0.3 is 10.1 Å². The van der Waals surface area contributed by atoms with Crippen LogP contribution in [-0.2, 0) is 14.8 Å². The zero-order chi connectivity index (χ0) is 15.3. The first kappa shape index (κ1) is 15.7. The lowest BCUT2D eigenvalue weighted by Gasteiger charge is -2.57. The highest BCUT2D eigenvalue weighted by atomic mass is 32.2. The van der Waals surface area contributed by atoms with Crippen molar-refractivity contribution >= 4 is 10.0 Å². The Hall–Kier alpha value is -0.170. The molecular weight excluding hydrogens is 288 g/mol. The molecule has 3 rings (SSSR count). The lowest BCUT2D eigenvalue weighted by molar-refractivity contribution is -0.131. The molecule has 5 nitrogen and oxygen atoms in total. The molecule has 122 valence electrons. The van der Waals surface area contributed by atoms with Crippen LogP contribution in [0.1, 0.15) is 46.0 Å². The third-order valence-corrected chi connectivity index (χ3v) is 6.44. The van der Waals surface area contributed by atoms with Gasteiger partial charge in [-0.05, 0) is 33.1 Å². The molecule has 1 saturated heterocycles. The second-order valence-electron chi connectivity index (χ2n) is 7.80. The van der Waals surface area contributed by atoms with Crippen LogP contribution in [-0.4, -0.2) is 45.5 Å². The van der Waals surface area contributed by atoms with Gasteiger partial charge in [0.05, 0.1) is 12.4 Å². The number of nitrogens with one attached hydrogen (secondary N) is 2. The number of hydrogen-bond donors (Lipinski definition) is 2. The van der Waals surface area contributed by atoms with Gasteiger partial charge in [0.15, 0.2) is 0 Å². The fourth-order valence-corrected chi connectivity index (χ4v) is 5.99. The minimum Gasteiger partial charge on any atom is -0.377 e. The quantitative estimate of drug-likeness (QED) is 0.801. The third kappa shape index (κ3) is 2.87. The van der Waals surface area contributed by atoms with E-state index in [0.29, 0.717) is 30.0 Å². The van der Waals surface area contributed by atoms with Gasteiger partial charge >= 0.3 is 0 Å². The molecule has 0 radical (unpaired) electrons. The first-order valence-corrected chi connectivity index (χ1v) is 9.97. The summed E-state index contributed by atoms with van der Waals surface area (Å²) in [5, 5.41) is 3.68. The summed E-state index contributed by atoms with van der Waals surface area (Å²) >= 11 is 0. The third-order valence-electron chi connectivity index (χ3n) is 5.51. The largest absolute Gasteiger partial charge is 0.377 e. The highest BCUT2D eigenvalue weighted by Gasteiger charge is 2.64. The first-order chi connectivity index (χ1) is 9.74. The lowest BCUT2D eigenvalue weighted by atomic mass is 9.54. The van der Waals surface area contributed by atoms with Gasteiger partial charge in [0.1, 0.15) is 0 Å². The van der Waals surface area contributed by atoms with Crippen LogP contribution in [0, 0.1) is 11.3 Å². The molecule has 1 heterocycles. The first-order valence-electron chi connectivity index (χ1n) is 8.08. The number of hydrogen-bond acceptors (Lipinski definition) is 4. The van der Waals surface area contributed by atoms with E-state index >= 15 is 0 Å². The highest BCUT2D eigenvalue weighted by Crippen LogP contribution is 2.60. The molecule has 0 bridgehead atoms. The normalized spacial score (nSPS) is 34.9. The van der Waals surface area contributed by atoms with Gasteiger partial charge in [-0.3, -0.25) is 0 Å². The molecule has 0 aromatic heterocycles. The van der Waals surface area contributed by atoms with Gasteiger partial charge in [-0.15, -0.1) is 0 Å². The maximum atomic E-state index is 11.4. The van der Waals surface area contributed by atoms with Gasteiger partial charge in [0.2, 0.25) is 10.0 Å². The maximum absolute atomic E-state index is 11.4. The number of sulfonamides is 1. The standard InChI is InChI=1S/C15H28N2O3S/c1-14(2,17-21(3,18)19)10-16-12-11-6-9-20-13(11)15(12)7-4-5-8-15/h11-13,16-17H,4-10H2,1-3H3/t11-,12+,13-/m0/s1. The zero-order valence-corrected chi connectivity index (χ0v) is 14.1. The van der Waals surface area contributed by atoms with Crippen molar-refractivity contribution in [3.63, 3.8) is 0 Å². The molecule has 0 aromatic rings. The minimum atomic E-state index is -3.18. The Labute approximate surface area is 128 Å². The summed E-state index contributed by atoms with van der Waals surface area (Å²) in [6.07, 6.45) is 7.92. The number of rotatable bonds is 5. The maximum Gasteiger partial charge on any atom is 0.209 e. The highest BCUT2D eigenvalue weighted by molar-refractivity contribution is 7.88. The van der Waals surface area contributed by atoms with Crippen LogP contribution in [0.3, 0.4) is 0 Å². The van der Waals surface area contributed by atoms with Crippen LogP contribution in [0.25, 0.3) is 0 Å². The van der Waals surface area contributed by atoms with Crippen LogP contribution >= 0.6 is 0 Å². The van der Waals surface area contributed by atoms with Crippen molar-refractivity contribution in [1.82, 2.24) is 10.0 Å². The Bertz CT molecular complexity index is 497. The molecule has 2 N–H and O–H groups in total. The smallest absolute Gasteiger partial charge is 0.209 e. The summed E-state index contributed by atoms with van der Waals surface area (Å²) < 4.78 is 31.6. The van der Waals surface area contributed by atoms with Gasteiger partial charge in [0.25, 0.3) is 0 Å². The van der Waals surface area contributed by atoms with E-state index in [0.717, 1.165) is 13.0 Å². The Morgan fingerprint density at radius 3 is 2.57 bits per heavy atom. The van der Waals surface area contributed by atoms with E-state index < -0.39 is 15.6 Å². The topological polar surface area (TPSA) is 67.4 Å². The summed E-state index contributed by atoms with van der Waals surface area (Å²) in [6.45, 7) is 5.42. The van der Waals surface area contributed by atoms with Crippen molar-refractivity contribution in [3.05, 3.63) is 0 Å². The summed E-state index contributed by atoms with van der Waals surface area (Å²) in [5.41, 5.74) is -0.139. The summed E-state index contributed by atoms with van der Waals surface area (Å²) in [7, 11) is -3.18. The van der Waals surface area contributed by atoms with E-state index in [9.17, 15) is 8.42 Å². The fourth-order valence-electron chi connectivity index (χ4n) is 4.91. The molecule has 21 heavy (non-hydrogen) atoms. The second kappa shape index (κ2) is 5.18. The Morgan fingerprint density at radius 1 is 1.29 bits per heavy atom. The van der Waals surface area contributed by atoms with Crippen molar-refractivity contribution in [1.29, 1.82) is 0 Å². The summed E-state index contributed by atoms with van der Waals surface area (Å²) in [4.78, 5) is 0. The minimum absolute atomic E-state index is 0.322. The predicted molar refractivity (Wildman–Crippen MR) is 82.6 cm³/mol. The molecular formula is C15H28N2O3S. The van der Waals surface area contributed by atoms with Gasteiger partial charge in [-0.1, -0.05) is 12.8 Å². The van der Waals surface area contributed by atoms with E-state index in [-0.39, 0.29) is 0 Å². The zero-order valence-electron chi connectivity index (χ0n) is 13.3. The molecule has 2 aliphatic carbocycles. The fraction of sp³-hybridized carbons (Fsp3) is 1.00. The van der Waals surface area contributed by atoms with Crippen molar-refractivity contribution in [2.75, 3.05) is 19.4 Å².